The molecule has 10 nitrogen and oxygen atoms in total. The Hall–Kier alpha value is -1.50. The van der Waals surface area contributed by atoms with Crippen LogP contribution in [0.3, 0.4) is 0 Å². The third kappa shape index (κ3) is 3.99. The summed E-state index contributed by atoms with van der Waals surface area (Å²) in [5.41, 5.74) is -0.638. The van der Waals surface area contributed by atoms with Gasteiger partial charge in [-0.2, -0.15) is 5.10 Å². The summed E-state index contributed by atoms with van der Waals surface area (Å²) in [6.07, 6.45) is 0. The second-order valence-electron chi connectivity index (χ2n) is 3.60. The number of carboxylic acid groups (broad SMARTS) is 1. The molecule has 0 bridgehead atoms. The van der Waals surface area contributed by atoms with Gasteiger partial charge in [-0.3, -0.25) is 5.10 Å². The molecule has 1 aromatic rings. The van der Waals surface area contributed by atoms with E-state index in [4.69, 9.17) is 10.2 Å². The molecule has 5 N–H and O–H groups in total. The van der Waals surface area contributed by atoms with E-state index in [0.717, 1.165) is 0 Å². The summed E-state index contributed by atoms with van der Waals surface area (Å²) < 4.78 is 47.0. The average Bonchev–Trinajstić information content (AvgIpc) is 2.58. The summed E-state index contributed by atoms with van der Waals surface area (Å²) in [6.45, 7) is 0.860. The second kappa shape index (κ2) is 5.24. The summed E-state index contributed by atoms with van der Waals surface area (Å²) in [6, 6.07) is 0. The number of sulfonamides is 2. The van der Waals surface area contributed by atoms with E-state index in [9.17, 15) is 21.6 Å². The molecule has 0 spiro atoms. The van der Waals surface area contributed by atoms with E-state index in [2.05, 4.69) is 10.2 Å². The van der Waals surface area contributed by atoms with E-state index in [1.165, 1.54) is 6.92 Å². The number of hydrogen-bond acceptors (Lipinski definition) is 6. The molecule has 0 saturated carbocycles. The minimum atomic E-state index is -4.19. The first kappa shape index (κ1) is 15.6. The smallest absolute Gasteiger partial charge is 0.357 e. The van der Waals surface area contributed by atoms with Gasteiger partial charge in [-0.1, -0.05) is 0 Å². The fraction of sp³-hybridized carbons (Fsp3) is 0.429. The molecule has 0 saturated heterocycles. The van der Waals surface area contributed by atoms with Crippen molar-refractivity contribution in [1.82, 2.24) is 14.9 Å². The molecule has 0 aliphatic rings. The number of hydrogen-bond donors (Lipinski definition) is 4. The van der Waals surface area contributed by atoms with Crippen LogP contribution in [0.15, 0.2) is 4.90 Å². The van der Waals surface area contributed by atoms with Gasteiger partial charge < -0.3 is 5.11 Å². The first-order valence-corrected chi connectivity index (χ1v) is 8.03. The molecule has 1 aromatic heterocycles. The molecule has 19 heavy (non-hydrogen) atoms. The zero-order valence-corrected chi connectivity index (χ0v) is 11.4. The number of primary sulfonamides is 1. The Kier molecular flexibility index (Phi) is 4.29. The molecule has 0 aliphatic carbocycles. The van der Waals surface area contributed by atoms with Crippen LogP contribution in [-0.4, -0.2) is 50.4 Å². The third-order valence-electron chi connectivity index (χ3n) is 2.04. The quantitative estimate of drug-likeness (QED) is 0.469. The molecular formula is C7H12N4O6S2. The molecule has 108 valence electrons. The van der Waals surface area contributed by atoms with Gasteiger partial charge in [0.25, 0.3) is 0 Å². The summed E-state index contributed by atoms with van der Waals surface area (Å²) >= 11 is 0. The minimum Gasteiger partial charge on any atom is -0.476 e. The van der Waals surface area contributed by atoms with E-state index in [0.29, 0.717) is 0 Å². The van der Waals surface area contributed by atoms with Gasteiger partial charge in [0.05, 0.1) is 11.4 Å². The van der Waals surface area contributed by atoms with Crippen LogP contribution in [0.4, 0.5) is 0 Å². The van der Waals surface area contributed by atoms with Crippen molar-refractivity contribution in [3.8, 4) is 0 Å². The van der Waals surface area contributed by atoms with Crippen molar-refractivity contribution >= 4 is 26.0 Å². The number of carboxylic acids is 1. The first-order chi connectivity index (χ1) is 8.54. The van der Waals surface area contributed by atoms with Gasteiger partial charge >= 0.3 is 5.97 Å². The number of nitrogens with two attached hydrogens (primary N) is 1. The zero-order chi connectivity index (χ0) is 14.8. The van der Waals surface area contributed by atoms with Crippen LogP contribution in [0.5, 0.6) is 0 Å². The molecule has 12 heteroatoms. The zero-order valence-electron chi connectivity index (χ0n) is 9.74. The van der Waals surface area contributed by atoms with Crippen LogP contribution in [0, 0.1) is 6.92 Å². The van der Waals surface area contributed by atoms with Crippen molar-refractivity contribution in [2.75, 3.05) is 12.3 Å². The number of H-pyrrole nitrogens is 1. The highest BCUT2D eigenvalue weighted by Gasteiger charge is 2.28. The molecule has 0 aromatic carbocycles. The van der Waals surface area contributed by atoms with E-state index in [1.807, 2.05) is 4.72 Å². The summed E-state index contributed by atoms with van der Waals surface area (Å²) in [5.74, 6) is -2.12. The molecule has 0 atom stereocenters. The number of rotatable bonds is 6. The summed E-state index contributed by atoms with van der Waals surface area (Å²) in [4.78, 5) is 10.3. The number of aryl methyl sites for hydroxylation is 1. The van der Waals surface area contributed by atoms with Gasteiger partial charge in [0.2, 0.25) is 20.0 Å². The highest BCUT2D eigenvalue weighted by Crippen LogP contribution is 2.17. The monoisotopic (exact) mass is 312 g/mol. The lowest BCUT2D eigenvalue weighted by Crippen LogP contribution is -2.32. The highest BCUT2D eigenvalue weighted by atomic mass is 32.2. The van der Waals surface area contributed by atoms with Gasteiger partial charge in [-0.25, -0.2) is 31.5 Å². The Bertz CT molecular complexity index is 689. The molecule has 0 aliphatic heterocycles. The molecule has 1 rings (SSSR count). The number of nitrogens with zero attached hydrogens (tertiary/aromatic N) is 1. The topological polar surface area (TPSA) is 172 Å². The maximum absolute atomic E-state index is 11.9. The van der Waals surface area contributed by atoms with Gasteiger partial charge in [-0.15, -0.1) is 0 Å². The SMILES string of the molecule is Cc1[nH]nc(C(=O)O)c1S(=O)(=O)NCCS(N)(=O)=O. The Labute approximate surface area is 109 Å². The molecule has 0 unspecified atom stereocenters. The van der Waals surface area contributed by atoms with Crippen LogP contribution < -0.4 is 9.86 Å². The fourth-order valence-corrected chi connectivity index (χ4v) is 3.15. The minimum absolute atomic E-state index is 0.0282. The van der Waals surface area contributed by atoms with Crippen LogP contribution >= 0.6 is 0 Å². The van der Waals surface area contributed by atoms with Gasteiger partial charge in [0.1, 0.15) is 4.90 Å². The molecule has 1 heterocycles. The lowest BCUT2D eigenvalue weighted by molar-refractivity contribution is 0.0686. The number of aromatic carboxylic acids is 1. The molecule has 0 radical (unpaired) electrons. The van der Waals surface area contributed by atoms with Gasteiger partial charge in [0.15, 0.2) is 5.69 Å². The highest BCUT2D eigenvalue weighted by molar-refractivity contribution is 7.90. The van der Waals surface area contributed by atoms with Crippen molar-refractivity contribution in [2.24, 2.45) is 5.14 Å². The Balaban J connectivity index is 3.01. The first-order valence-electron chi connectivity index (χ1n) is 4.83. The average molecular weight is 312 g/mol. The van der Waals surface area contributed by atoms with Crippen molar-refractivity contribution in [3.63, 3.8) is 0 Å². The second-order valence-corrected chi connectivity index (χ2v) is 7.03. The predicted octanol–water partition coefficient (Wildman–Crippen LogP) is -2.02. The fourth-order valence-electron chi connectivity index (χ4n) is 1.28. The largest absolute Gasteiger partial charge is 0.476 e. The van der Waals surface area contributed by atoms with E-state index in [1.54, 1.807) is 0 Å². The standard InChI is InChI=1S/C7H12N4O6S2/c1-4-6(5(7(12)13)11-10-4)19(16,17)9-2-3-18(8,14)15/h9H,2-3H2,1H3,(H,10,11)(H,12,13)(H2,8,14,15). The van der Waals surface area contributed by atoms with Crippen molar-refractivity contribution in [1.29, 1.82) is 0 Å². The van der Waals surface area contributed by atoms with Crippen LogP contribution in [-0.2, 0) is 20.0 Å². The Morgan fingerprint density at radius 1 is 1.42 bits per heavy atom. The van der Waals surface area contributed by atoms with Crippen molar-refractivity contribution in [2.45, 2.75) is 11.8 Å². The summed E-state index contributed by atoms with van der Waals surface area (Å²) in [5, 5.41) is 19.1. The maximum Gasteiger partial charge on any atom is 0.357 e. The van der Waals surface area contributed by atoms with E-state index >= 15 is 0 Å². The summed E-state index contributed by atoms with van der Waals surface area (Å²) in [7, 11) is -8.01. The van der Waals surface area contributed by atoms with Crippen molar-refractivity contribution < 1.29 is 26.7 Å². The number of aromatic amines is 1. The van der Waals surface area contributed by atoms with E-state index < -0.39 is 48.9 Å². The van der Waals surface area contributed by atoms with Crippen LogP contribution in [0.2, 0.25) is 0 Å². The normalized spacial score (nSPS) is 12.5. The third-order valence-corrected chi connectivity index (χ3v) is 4.44. The Morgan fingerprint density at radius 3 is 2.47 bits per heavy atom. The predicted molar refractivity (Wildman–Crippen MR) is 63.4 cm³/mol. The molecule has 0 amide bonds. The number of nitrogens with one attached hydrogen (secondary N) is 2. The van der Waals surface area contributed by atoms with Crippen molar-refractivity contribution in [3.05, 3.63) is 11.4 Å². The number of carbonyl (C=O) groups is 1. The number of aromatic nitrogens is 2. The van der Waals surface area contributed by atoms with Crippen LogP contribution in [0.25, 0.3) is 0 Å². The lowest BCUT2D eigenvalue weighted by Gasteiger charge is -2.05. The maximum atomic E-state index is 11.9. The molecule has 0 fully saturated rings. The van der Waals surface area contributed by atoms with Gasteiger partial charge in [-0.05, 0) is 6.92 Å². The van der Waals surface area contributed by atoms with E-state index in [-0.39, 0.29) is 5.69 Å². The lowest BCUT2D eigenvalue weighted by atomic mass is 10.4. The van der Waals surface area contributed by atoms with Crippen LogP contribution in [0.1, 0.15) is 16.2 Å². The molecular weight excluding hydrogens is 300 g/mol. The van der Waals surface area contributed by atoms with Gasteiger partial charge in [0, 0.05) is 6.54 Å². The Morgan fingerprint density at radius 2 is 2.00 bits per heavy atom.